The third-order valence-electron chi connectivity index (χ3n) is 6.18. The Balaban J connectivity index is 1.47. The van der Waals surface area contributed by atoms with E-state index in [1.165, 1.54) is 0 Å². The number of aliphatic carboxylic acids is 1. The number of carboxylic acid groups (broad SMARTS) is 1. The highest BCUT2D eigenvalue weighted by Crippen LogP contribution is 2.49. The van der Waals surface area contributed by atoms with Crippen LogP contribution in [-0.2, 0) is 14.3 Å². The van der Waals surface area contributed by atoms with Gasteiger partial charge in [0.1, 0.15) is 6.10 Å². The quantitative estimate of drug-likeness (QED) is 0.844. The molecule has 2 amide bonds. The number of hydrogen-bond donors (Lipinski definition) is 2. The molecule has 2 saturated heterocycles. The van der Waals surface area contributed by atoms with Gasteiger partial charge in [-0.15, -0.1) is 0 Å². The summed E-state index contributed by atoms with van der Waals surface area (Å²) in [4.78, 5) is 38.6. The molecule has 144 valence electrons. The lowest BCUT2D eigenvalue weighted by molar-refractivity contribution is -0.149. The third-order valence-corrected chi connectivity index (χ3v) is 6.18. The van der Waals surface area contributed by atoms with E-state index in [4.69, 9.17) is 4.74 Å². The molecule has 2 heterocycles. The highest BCUT2D eigenvalue weighted by molar-refractivity contribution is 5.98. The summed E-state index contributed by atoms with van der Waals surface area (Å²) in [7, 11) is 0. The van der Waals surface area contributed by atoms with Crippen molar-refractivity contribution in [2.24, 2.45) is 11.3 Å². The Hall–Kier alpha value is -2.41. The van der Waals surface area contributed by atoms with Crippen molar-refractivity contribution in [3.05, 3.63) is 29.8 Å². The van der Waals surface area contributed by atoms with Gasteiger partial charge < -0.3 is 20.1 Å². The second kappa shape index (κ2) is 6.96. The average molecular weight is 372 g/mol. The van der Waals surface area contributed by atoms with E-state index < -0.39 is 17.5 Å². The zero-order valence-corrected chi connectivity index (χ0v) is 15.1. The van der Waals surface area contributed by atoms with Crippen molar-refractivity contribution in [1.29, 1.82) is 0 Å². The van der Waals surface area contributed by atoms with Gasteiger partial charge in [0.05, 0.1) is 5.41 Å². The zero-order valence-electron chi connectivity index (χ0n) is 15.1. The van der Waals surface area contributed by atoms with Crippen molar-refractivity contribution in [2.45, 2.75) is 38.2 Å². The number of likely N-dealkylation sites (tertiary alicyclic amines) is 1. The molecule has 3 fully saturated rings. The fraction of sp³-hybridized carbons (Fsp3) is 0.550. The van der Waals surface area contributed by atoms with Gasteiger partial charge >= 0.3 is 5.97 Å². The second-order valence-corrected chi connectivity index (χ2v) is 7.81. The number of nitrogens with one attached hydrogen (secondary N) is 1. The largest absolute Gasteiger partial charge is 0.481 e. The maximum atomic E-state index is 12.9. The van der Waals surface area contributed by atoms with Crippen LogP contribution in [0.4, 0.5) is 5.69 Å². The lowest BCUT2D eigenvalue weighted by Gasteiger charge is -2.23. The number of carbonyl (C=O) groups is 3. The number of nitrogens with zero attached hydrogens (tertiary/aromatic N) is 1. The summed E-state index contributed by atoms with van der Waals surface area (Å²) in [6.07, 6.45) is 3.54. The molecule has 1 saturated carbocycles. The number of rotatable bonds is 4. The molecular formula is C20H24N2O5. The number of anilines is 1. The monoisotopic (exact) mass is 372 g/mol. The summed E-state index contributed by atoms with van der Waals surface area (Å²) < 4.78 is 5.38. The van der Waals surface area contributed by atoms with Crippen molar-refractivity contribution < 1.29 is 24.2 Å². The summed E-state index contributed by atoms with van der Waals surface area (Å²) in [6.45, 7) is 1.34. The maximum Gasteiger partial charge on any atom is 0.311 e. The third kappa shape index (κ3) is 3.20. The van der Waals surface area contributed by atoms with Crippen LogP contribution < -0.4 is 5.32 Å². The highest BCUT2D eigenvalue weighted by Gasteiger charge is 2.55. The van der Waals surface area contributed by atoms with Gasteiger partial charge in [-0.05, 0) is 49.8 Å². The molecule has 4 rings (SSSR count). The number of amides is 2. The molecular weight excluding hydrogens is 348 g/mol. The molecule has 1 aromatic carbocycles. The standard InChI is InChI=1S/C20H24N2O5/c23-17(16-7-3-9-27-16)21-15-6-1-4-13(10-15)18(24)22-11-14-5-2-8-20(14,12-22)19(25)26/h1,4,6,10,14,16H,2-3,5,7-9,11-12H2,(H,21,23)(H,25,26)/t14-,16?,20+/m0/s1. The van der Waals surface area contributed by atoms with Gasteiger partial charge in [-0.1, -0.05) is 12.5 Å². The predicted molar refractivity (Wildman–Crippen MR) is 97.4 cm³/mol. The molecule has 0 bridgehead atoms. The van der Waals surface area contributed by atoms with E-state index in [1.807, 2.05) is 0 Å². The molecule has 2 aliphatic heterocycles. The van der Waals surface area contributed by atoms with Crippen LogP contribution in [0.15, 0.2) is 24.3 Å². The van der Waals surface area contributed by atoms with Crippen LogP contribution in [0, 0.1) is 11.3 Å². The summed E-state index contributed by atoms with van der Waals surface area (Å²) in [5.74, 6) is -1.14. The predicted octanol–water partition coefficient (Wildman–Crippen LogP) is 2.13. The number of carboxylic acids is 1. The fourth-order valence-corrected chi connectivity index (χ4v) is 4.71. The zero-order chi connectivity index (χ0) is 19.0. The Morgan fingerprint density at radius 3 is 2.78 bits per heavy atom. The number of carbonyl (C=O) groups excluding carboxylic acids is 2. The smallest absolute Gasteiger partial charge is 0.311 e. The Morgan fingerprint density at radius 1 is 1.22 bits per heavy atom. The Bertz CT molecular complexity index is 773. The number of hydrogen-bond acceptors (Lipinski definition) is 4. The van der Waals surface area contributed by atoms with Crippen LogP contribution in [0.2, 0.25) is 0 Å². The van der Waals surface area contributed by atoms with Gasteiger partial charge in [-0.2, -0.15) is 0 Å². The first-order chi connectivity index (χ1) is 13.0. The molecule has 0 radical (unpaired) electrons. The van der Waals surface area contributed by atoms with Crippen LogP contribution in [-0.4, -0.2) is 53.6 Å². The minimum absolute atomic E-state index is 0.0290. The van der Waals surface area contributed by atoms with Gasteiger partial charge in [0.2, 0.25) is 0 Å². The molecule has 2 N–H and O–H groups in total. The molecule has 7 nitrogen and oxygen atoms in total. The van der Waals surface area contributed by atoms with Crippen molar-refractivity contribution in [1.82, 2.24) is 4.90 Å². The molecule has 1 aromatic rings. The number of ether oxygens (including phenoxy) is 1. The van der Waals surface area contributed by atoms with Crippen molar-refractivity contribution in [3.63, 3.8) is 0 Å². The van der Waals surface area contributed by atoms with E-state index in [2.05, 4.69) is 5.32 Å². The first kappa shape index (κ1) is 18.0. The molecule has 0 spiro atoms. The first-order valence-corrected chi connectivity index (χ1v) is 9.55. The van der Waals surface area contributed by atoms with E-state index in [-0.39, 0.29) is 24.3 Å². The average Bonchev–Trinajstić information content (AvgIpc) is 3.36. The topological polar surface area (TPSA) is 95.9 Å². The molecule has 3 atom stereocenters. The molecule has 1 aliphatic carbocycles. The molecule has 1 unspecified atom stereocenters. The lowest BCUT2D eigenvalue weighted by atomic mass is 9.81. The second-order valence-electron chi connectivity index (χ2n) is 7.81. The normalized spacial score (nSPS) is 29.6. The molecule has 0 aromatic heterocycles. The summed E-state index contributed by atoms with van der Waals surface area (Å²) in [6, 6.07) is 6.81. The summed E-state index contributed by atoms with van der Waals surface area (Å²) >= 11 is 0. The minimum atomic E-state index is -0.794. The van der Waals surface area contributed by atoms with Crippen molar-refractivity contribution in [2.75, 3.05) is 25.0 Å². The maximum absolute atomic E-state index is 12.9. The Morgan fingerprint density at radius 2 is 2.07 bits per heavy atom. The van der Waals surface area contributed by atoms with Crippen LogP contribution >= 0.6 is 0 Å². The van der Waals surface area contributed by atoms with E-state index in [0.717, 1.165) is 19.3 Å². The first-order valence-electron chi connectivity index (χ1n) is 9.55. The Labute approximate surface area is 157 Å². The highest BCUT2D eigenvalue weighted by atomic mass is 16.5. The molecule has 7 heteroatoms. The molecule has 27 heavy (non-hydrogen) atoms. The van der Waals surface area contributed by atoms with E-state index >= 15 is 0 Å². The van der Waals surface area contributed by atoms with Gasteiger partial charge in [-0.25, -0.2) is 0 Å². The van der Waals surface area contributed by atoms with Crippen LogP contribution in [0.25, 0.3) is 0 Å². The fourth-order valence-electron chi connectivity index (χ4n) is 4.71. The number of fused-ring (bicyclic) bond motifs is 1. The van der Waals surface area contributed by atoms with Crippen molar-refractivity contribution in [3.8, 4) is 0 Å². The van der Waals surface area contributed by atoms with Gasteiger partial charge in [0, 0.05) is 30.9 Å². The van der Waals surface area contributed by atoms with Crippen LogP contribution in [0.3, 0.4) is 0 Å². The van der Waals surface area contributed by atoms with E-state index in [0.29, 0.717) is 37.2 Å². The van der Waals surface area contributed by atoms with Crippen LogP contribution in [0.1, 0.15) is 42.5 Å². The lowest BCUT2D eigenvalue weighted by Crippen LogP contribution is -2.37. The van der Waals surface area contributed by atoms with E-state index in [9.17, 15) is 19.5 Å². The van der Waals surface area contributed by atoms with E-state index in [1.54, 1.807) is 29.2 Å². The summed E-state index contributed by atoms with van der Waals surface area (Å²) in [5, 5.41) is 12.5. The van der Waals surface area contributed by atoms with Gasteiger partial charge in [0.25, 0.3) is 11.8 Å². The van der Waals surface area contributed by atoms with Crippen molar-refractivity contribution >= 4 is 23.5 Å². The Kier molecular flexibility index (Phi) is 4.63. The van der Waals surface area contributed by atoms with Gasteiger partial charge in [0.15, 0.2) is 0 Å². The van der Waals surface area contributed by atoms with Gasteiger partial charge in [-0.3, -0.25) is 14.4 Å². The molecule has 3 aliphatic rings. The number of benzene rings is 1. The SMILES string of the molecule is O=C(Nc1cccc(C(=O)N2C[C@@H]3CCC[C@@]3(C(=O)O)C2)c1)C1CCCO1. The van der Waals surface area contributed by atoms with Crippen LogP contribution in [0.5, 0.6) is 0 Å². The minimum Gasteiger partial charge on any atom is -0.481 e. The summed E-state index contributed by atoms with van der Waals surface area (Å²) in [5.41, 5.74) is 0.218.